The van der Waals surface area contributed by atoms with Crippen molar-refractivity contribution in [1.82, 2.24) is 9.88 Å². The van der Waals surface area contributed by atoms with E-state index in [1.165, 1.54) is 11.0 Å². The molecule has 1 aromatic heterocycles. The molecule has 0 bridgehead atoms. The maximum absolute atomic E-state index is 14.2. The van der Waals surface area contributed by atoms with Gasteiger partial charge in [0.1, 0.15) is 17.9 Å². The summed E-state index contributed by atoms with van der Waals surface area (Å²) >= 11 is 1.08. The molecule has 1 aliphatic heterocycles. The largest absolute Gasteiger partial charge is 0.485 e. The van der Waals surface area contributed by atoms with E-state index in [0.29, 0.717) is 34.4 Å². The van der Waals surface area contributed by atoms with E-state index in [1.807, 2.05) is 19.9 Å². The van der Waals surface area contributed by atoms with Gasteiger partial charge in [0, 0.05) is 19.2 Å². The zero-order valence-electron chi connectivity index (χ0n) is 17.3. The molecule has 0 saturated carbocycles. The van der Waals surface area contributed by atoms with Crippen LogP contribution in [0, 0.1) is 11.6 Å². The van der Waals surface area contributed by atoms with Gasteiger partial charge in [0.05, 0.1) is 4.70 Å². The SMILES string of the molecule is CCN(CC)CCN(C(=O)[C@H]1COc2ccccc2O1)c1nc2c(F)cc(F)cc2s1. The molecule has 1 atom stereocenters. The van der Waals surface area contributed by atoms with Gasteiger partial charge in [-0.3, -0.25) is 9.69 Å². The quantitative estimate of drug-likeness (QED) is 0.546. The fourth-order valence-corrected chi connectivity index (χ4v) is 4.49. The Balaban J connectivity index is 1.64. The van der Waals surface area contributed by atoms with Gasteiger partial charge in [-0.2, -0.15) is 0 Å². The van der Waals surface area contributed by atoms with Gasteiger partial charge >= 0.3 is 0 Å². The highest BCUT2D eigenvalue weighted by Crippen LogP contribution is 2.34. The van der Waals surface area contributed by atoms with Gasteiger partial charge in [-0.05, 0) is 31.3 Å². The van der Waals surface area contributed by atoms with Crippen LogP contribution >= 0.6 is 11.3 Å². The van der Waals surface area contributed by atoms with Crippen molar-refractivity contribution >= 4 is 32.6 Å². The van der Waals surface area contributed by atoms with E-state index in [2.05, 4.69) is 9.88 Å². The zero-order valence-corrected chi connectivity index (χ0v) is 18.1. The summed E-state index contributed by atoms with van der Waals surface area (Å²) < 4.78 is 39.8. The van der Waals surface area contributed by atoms with Crippen LogP contribution < -0.4 is 14.4 Å². The van der Waals surface area contributed by atoms with Gasteiger partial charge < -0.3 is 14.4 Å². The van der Waals surface area contributed by atoms with E-state index < -0.39 is 17.7 Å². The topological polar surface area (TPSA) is 54.9 Å². The maximum Gasteiger partial charge on any atom is 0.273 e. The van der Waals surface area contributed by atoms with Crippen molar-refractivity contribution in [2.24, 2.45) is 0 Å². The fraction of sp³-hybridized carbons (Fsp3) is 0.364. The number of likely N-dealkylation sites (N-methyl/N-ethyl adjacent to an activating group) is 1. The molecule has 164 valence electrons. The number of aromatic nitrogens is 1. The molecule has 0 unspecified atom stereocenters. The number of nitrogens with zero attached hydrogens (tertiary/aromatic N) is 3. The lowest BCUT2D eigenvalue weighted by Gasteiger charge is -2.30. The Hall–Kier alpha value is -2.78. The molecule has 3 aromatic rings. The van der Waals surface area contributed by atoms with Crippen LogP contribution in [0.1, 0.15) is 13.8 Å². The van der Waals surface area contributed by atoms with E-state index in [1.54, 1.807) is 18.2 Å². The zero-order chi connectivity index (χ0) is 22.0. The van der Waals surface area contributed by atoms with Crippen LogP contribution in [-0.4, -0.2) is 54.7 Å². The lowest BCUT2D eigenvalue weighted by molar-refractivity contribution is -0.127. The van der Waals surface area contributed by atoms with Gasteiger partial charge in [0.25, 0.3) is 5.91 Å². The predicted octanol–water partition coefficient (Wildman–Crippen LogP) is 4.09. The van der Waals surface area contributed by atoms with E-state index in [9.17, 15) is 13.6 Å². The van der Waals surface area contributed by atoms with Crippen LogP contribution in [0.4, 0.5) is 13.9 Å². The highest BCUT2D eigenvalue weighted by Gasteiger charge is 2.33. The monoisotopic (exact) mass is 447 g/mol. The molecule has 1 amide bonds. The van der Waals surface area contributed by atoms with Crippen LogP contribution in [-0.2, 0) is 4.79 Å². The Morgan fingerprint density at radius 3 is 2.65 bits per heavy atom. The summed E-state index contributed by atoms with van der Waals surface area (Å²) in [5, 5.41) is 0.305. The normalized spacial score (nSPS) is 15.5. The Bertz CT molecular complexity index is 1090. The third-order valence-corrected chi connectivity index (χ3v) is 6.24. The summed E-state index contributed by atoms with van der Waals surface area (Å²) in [5.74, 6) is -0.685. The smallest absolute Gasteiger partial charge is 0.273 e. The van der Waals surface area contributed by atoms with Crippen LogP contribution in [0.25, 0.3) is 10.2 Å². The van der Waals surface area contributed by atoms with Crippen molar-refractivity contribution < 1.29 is 23.0 Å². The average Bonchev–Trinajstić information content (AvgIpc) is 3.20. The number of rotatable bonds is 7. The number of hydrogen-bond acceptors (Lipinski definition) is 6. The van der Waals surface area contributed by atoms with Gasteiger partial charge in [0.15, 0.2) is 22.4 Å². The molecule has 0 aliphatic carbocycles. The van der Waals surface area contributed by atoms with E-state index in [0.717, 1.165) is 30.5 Å². The van der Waals surface area contributed by atoms with Crippen molar-refractivity contribution in [1.29, 1.82) is 0 Å². The third-order valence-electron chi connectivity index (χ3n) is 5.22. The molecule has 1 aliphatic rings. The number of hydrogen-bond donors (Lipinski definition) is 0. The minimum atomic E-state index is -0.861. The number of halogens is 2. The lowest BCUT2D eigenvalue weighted by Crippen LogP contribution is -2.48. The Labute approximate surface area is 183 Å². The van der Waals surface area contributed by atoms with Gasteiger partial charge in [-0.1, -0.05) is 37.3 Å². The number of carbonyl (C=O) groups is 1. The lowest BCUT2D eigenvalue weighted by atomic mass is 10.2. The molecular weight excluding hydrogens is 424 g/mol. The molecule has 0 fully saturated rings. The third kappa shape index (κ3) is 4.47. The van der Waals surface area contributed by atoms with Crippen LogP contribution in [0.2, 0.25) is 0 Å². The Morgan fingerprint density at radius 2 is 1.90 bits per heavy atom. The first kappa shape index (κ1) is 21.5. The highest BCUT2D eigenvalue weighted by molar-refractivity contribution is 7.22. The molecule has 4 rings (SSSR count). The Kier molecular flexibility index (Phi) is 6.33. The van der Waals surface area contributed by atoms with Crippen LogP contribution in [0.15, 0.2) is 36.4 Å². The van der Waals surface area contributed by atoms with E-state index in [-0.39, 0.29) is 18.0 Å². The first-order chi connectivity index (χ1) is 15.0. The van der Waals surface area contributed by atoms with Gasteiger partial charge in [-0.15, -0.1) is 0 Å². The molecule has 6 nitrogen and oxygen atoms in total. The number of fused-ring (bicyclic) bond motifs is 2. The summed E-state index contributed by atoms with van der Waals surface area (Å²) in [4.78, 5) is 21.4. The summed E-state index contributed by atoms with van der Waals surface area (Å²) in [6, 6.07) is 9.17. The summed E-state index contributed by atoms with van der Waals surface area (Å²) in [7, 11) is 0. The summed E-state index contributed by atoms with van der Waals surface area (Å²) in [6.45, 7) is 6.75. The standard InChI is InChI=1S/C22H23F2N3O3S/c1-3-26(4-2)9-10-27(22-25-20-15(24)11-14(23)12-19(20)31-22)21(28)18-13-29-16-7-5-6-8-17(16)30-18/h5-8,11-12,18H,3-4,9-10,13H2,1-2H3/t18-/m1/s1. The van der Waals surface area contributed by atoms with Crippen molar-refractivity contribution in [3.63, 3.8) is 0 Å². The minimum Gasteiger partial charge on any atom is -0.485 e. The molecule has 0 spiro atoms. The van der Waals surface area contributed by atoms with Crippen LogP contribution in [0.3, 0.4) is 0 Å². The number of ether oxygens (including phenoxy) is 2. The second-order valence-electron chi connectivity index (χ2n) is 7.11. The van der Waals surface area contributed by atoms with Crippen molar-refractivity contribution in [3.8, 4) is 11.5 Å². The van der Waals surface area contributed by atoms with Gasteiger partial charge in [-0.25, -0.2) is 13.8 Å². The number of anilines is 1. The number of carbonyl (C=O) groups excluding carboxylic acids is 1. The van der Waals surface area contributed by atoms with E-state index >= 15 is 0 Å². The molecule has 2 aromatic carbocycles. The maximum atomic E-state index is 14.2. The first-order valence-electron chi connectivity index (χ1n) is 10.2. The molecule has 0 N–H and O–H groups in total. The molecule has 31 heavy (non-hydrogen) atoms. The van der Waals surface area contributed by atoms with Crippen molar-refractivity contribution in [3.05, 3.63) is 48.0 Å². The molecule has 0 radical (unpaired) electrons. The summed E-state index contributed by atoms with van der Waals surface area (Å²) in [5.41, 5.74) is 0.0493. The van der Waals surface area contributed by atoms with Crippen molar-refractivity contribution in [2.45, 2.75) is 20.0 Å². The molecule has 0 saturated heterocycles. The van der Waals surface area contributed by atoms with Crippen molar-refractivity contribution in [2.75, 3.05) is 37.7 Å². The summed E-state index contributed by atoms with van der Waals surface area (Å²) in [6.07, 6.45) is -0.861. The Morgan fingerprint density at radius 1 is 1.16 bits per heavy atom. The second-order valence-corrected chi connectivity index (χ2v) is 8.12. The number of benzene rings is 2. The number of para-hydroxylation sites is 2. The molecular formula is C22H23F2N3O3S. The fourth-order valence-electron chi connectivity index (χ4n) is 3.46. The first-order valence-corrected chi connectivity index (χ1v) is 11.0. The van der Waals surface area contributed by atoms with Gasteiger partial charge in [0.2, 0.25) is 6.10 Å². The molecule has 9 heteroatoms. The highest BCUT2D eigenvalue weighted by atomic mass is 32.1. The van der Waals surface area contributed by atoms with Crippen LogP contribution in [0.5, 0.6) is 11.5 Å². The second kappa shape index (κ2) is 9.15. The van der Waals surface area contributed by atoms with E-state index in [4.69, 9.17) is 9.47 Å². The number of thiazole rings is 1. The number of amides is 1. The average molecular weight is 448 g/mol. The minimum absolute atomic E-state index is 0.0493. The molecule has 2 heterocycles. The predicted molar refractivity (Wildman–Crippen MR) is 116 cm³/mol.